The third kappa shape index (κ3) is 5.27. The number of rotatable bonds is 6. The highest BCUT2D eigenvalue weighted by Crippen LogP contribution is 2.16. The fraction of sp³-hybridized carbons (Fsp3) is 0.650. The van der Waals surface area contributed by atoms with Gasteiger partial charge in [-0.25, -0.2) is 0 Å². The molecule has 2 aliphatic rings. The van der Waals surface area contributed by atoms with Crippen molar-refractivity contribution in [3.8, 4) is 0 Å². The second-order valence-electron chi connectivity index (χ2n) is 7.16. The van der Waals surface area contributed by atoms with Gasteiger partial charge in [-0.05, 0) is 37.0 Å². The fourth-order valence-corrected chi connectivity index (χ4v) is 3.73. The monoisotopic (exact) mass is 345 g/mol. The molecule has 0 saturated carbocycles. The van der Waals surface area contributed by atoms with E-state index in [2.05, 4.69) is 21.9 Å². The van der Waals surface area contributed by atoms with Gasteiger partial charge in [0.2, 0.25) is 0 Å². The highest BCUT2D eigenvalue weighted by Gasteiger charge is 2.20. The van der Waals surface area contributed by atoms with Crippen molar-refractivity contribution in [2.75, 3.05) is 59.5 Å². The number of benzene rings is 1. The molecule has 0 aromatic heterocycles. The minimum Gasteiger partial charge on any atom is -0.383 e. The number of carbonyl (C=O) groups excluding carboxylic acids is 1. The summed E-state index contributed by atoms with van der Waals surface area (Å²) in [5.74, 6) is 0.200. The number of methoxy groups -OCH3 is 1. The summed E-state index contributed by atoms with van der Waals surface area (Å²) >= 11 is 0. The van der Waals surface area contributed by atoms with E-state index in [1.165, 1.54) is 12.0 Å². The zero-order valence-corrected chi connectivity index (χ0v) is 15.5. The van der Waals surface area contributed by atoms with E-state index in [1.54, 1.807) is 7.11 Å². The number of carbonyl (C=O) groups is 1. The van der Waals surface area contributed by atoms with Gasteiger partial charge < -0.3 is 9.64 Å². The molecule has 0 spiro atoms. The van der Waals surface area contributed by atoms with Crippen molar-refractivity contribution in [1.82, 2.24) is 14.7 Å². The number of nitrogens with zero attached hydrogens (tertiary/aromatic N) is 3. The molecule has 2 aliphatic heterocycles. The predicted octanol–water partition coefficient (Wildman–Crippen LogP) is 2.08. The minimum absolute atomic E-state index is 0.200. The first-order valence-corrected chi connectivity index (χ1v) is 9.58. The van der Waals surface area contributed by atoms with E-state index in [0.717, 1.165) is 77.4 Å². The maximum Gasteiger partial charge on any atom is 0.253 e. The Morgan fingerprint density at radius 3 is 2.44 bits per heavy atom. The van der Waals surface area contributed by atoms with Crippen LogP contribution < -0.4 is 0 Å². The van der Waals surface area contributed by atoms with Gasteiger partial charge in [-0.1, -0.05) is 12.1 Å². The molecule has 2 fully saturated rings. The fourth-order valence-electron chi connectivity index (χ4n) is 3.73. The number of hydrogen-bond acceptors (Lipinski definition) is 4. The van der Waals surface area contributed by atoms with E-state index in [4.69, 9.17) is 4.74 Å². The van der Waals surface area contributed by atoms with Crippen molar-refractivity contribution in [3.05, 3.63) is 35.4 Å². The molecule has 25 heavy (non-hydrogen) atoms. The van der Waals surface area contributed by atoms with Gasteiger partial charge in [-0.3, -0.25) is 14.6 Å². The smallest absolute Gasteiger partial charge is 0.253 e. The zero-order valence-electron chi connectivity index (χ0n) is 15.5. The summed E-state index contributed by atoms with van der Waals surface area (Å²) in [5, 5.41) is 0. The van der Waals surface area contributed by atoms with Gasteiger partial charge in [0, 0.05) is 65.0 Å². The lowest BCUT2D eigenvalue weighted by molar-refractivity contribution is 0.0724. The van der Waals surface area contributed by atoms with Crippen LogP contribution in [0.1, 0.15) is 35.2 Å². The quantitative estimate of drug-likeness (QED) is 0.791. The SMILES string of the molecule is COCCN1CCN(Cc2cccc(C(=O)N3CCCCC3)c2)CC1. The number of likely N-dealkylation sites (tertiary alicyclic amines) is 1. The highest BCUT2D eigenvalue weighted by atomic mass is 16.5. The van der Waals surface area contributed by atoms with Crippen molar-refractivity contribution in [3.63, 3.8) is 0 Å². The average molecular weight is 345 g/mol. The van der Waals surface area contributed by atoms with Crippen LogP contribution in [-0.4, -0.2) is 80.1 Å². The molecular weight excluding hydrogens is 314 g/mol. The Morgan fingerprint density at radius 1 is 1.00 bits per heavy atom. The van der Waals surface area contributed by atoms with Gasteiger partial charge in [0.15, 0.2) is 0 Å². The van der Waals surface area contributed by atoms with E-state index in [9.17, 15) is 4.79 Å². The predicted molar refractivity (Wildman–Crippen MR) is 99.8 cm³/mol. The Hall–Kier alpha value is -1.43. The second kappa shape index (κ2) is 9.32. The standard InChI is InChI=1S/C20H31N3O2/c1-25-15-14-21-10-12-22(13-11-21)17-18-6-5-7-19(16-18)20(24)23-8-3-2-4-9-23/h5-7,16H,2-4,8-15,17H2,1H3. The maximum atomic E-state index is 12.7. The second-order valence-corrected chi connectivity index (χ2v) is 7.16. The molecule has 1 amide bonds. The van der Waals surface area contributed by atoms with Crippen LogP contribution in [0.25, 0.3) is 0 Å². The van der Waals surface area contributed by atoms with E-state index in [0.29, 0.717) is 0 Å². The summed E-state index contributed by atoms with van der Waals surface area (Å²) in [4.78, 5) is 19.6. The summed E-state index contributed by atoms with van der Waals surface area (Å²) in [6, 6.07) is 8.23. The normalized spacial score (nSPS) is 20.0. The molecule has 1 aromatic carbocycles. The number of piperidine rings is 1. The third-order valence-electron chi connectivity index (χ3n) is 5.30. The lowest BCUT2D eigenvalue weighted by Gasteiger charge is -2.34. The maximum absolute atomic E-state index is 12.7. The van der Waals surface area contributed by atoms with Crippen molar-refractivity contribution in [1.29, 1.82) is 0 Å². The Morgan fingerprint density at radius 2 is 1.72 bits per heavy atom. The average Bonchev–Trinajstić information content (AvgIpc) is 2.68. The number of amides is 1. The Bertz CT molecular complexity index is 550. The summed E-state index contributed by atoms with van der Waals surface area (Å²) in [6.45, 7) is 8.91. The van der Waals surface area contributed by atoms with E-state index in [1.807, 2.05) is 17.0 Å². The van der Waals surface area contributed by atoms with Crippen LogP contribution in [-0.2, 0) is 11.3 Å². The van der Waals surface area contributed by atoms with E-state index < -0.39 is 0 Å². The molecule has 3 rings (SSSR count). The molecule has 2 heterocycles. The largest absolute Gasteiger partial charge is 0.383 e. The van der Waals surface area contributed by atoms with E-state index >= 15 is 0 Å². The molecule has 0 aliphatic carbocycles. The van der Waals surface area contributed by atoms with Crippen LogP contribution in [0.4, 0.5) is 0 Å². The topological polar surface area (TPSA) is 36.0 Å². The molecule has 0 unspecified atom stereocenters. The molecule has 5 nitrogen and oxygen atoms in total. The van der Waals surface area contributed by atoms with Crippen LogP contribution in [0.3, 0.4) is 0 Å². The van der Waals surface area contributed by atoms with Crippen molar-refractivity contribution in [2.24, 2.45) is 0 Å². The third-order valence-corrected chi connectivity index (χ3v) is 5.30. The summed E-state index contributed by atoms with van der Waals surface area (Å²) < 4.78 is 5.16. The van der Waals surface area contributed by atoms with E-state index in [-0.39, 0.29) is 5.91 Å². The lowest BCUT2D eigenvalue weighted by Crippen LogP contribution is -2.46. The number of hydrogen-bond donors (Lipinski definition) is 0. The van der Waals surface area contributed by atoms with Gasteiger partial charge in [-0.2, -0.15) is 0 Å². The molecule has 0 radical (unpaired) electrons. The van der Waals surface area contributed by atoms with Crippen molar-refractivity contribution in [2.45, 2.75) is 25.8 Å². The Balaban J connectivity index is 1.52. The lowest BCUT2D eigenvalue weighted by atomic mass is 10.1. The molecule has 2 saturated heterocycles. The van der Waals surface area contributed by atoms with Crippen LogP contribution in [0.5, 0.6) is 0 Å². The van der Waals surface area contributed by atoms with Crippen molar-refractivity contribution < 1.29 is 9.53 Å². The molecule has 138 valence electrons. The van der Waals surface area contributed by atoms with Gasteiger partial charge >= 0.3 is 0 Å². The summed E-state index contributed by atoms with van der Waals surface area (Å²) in [6.07, 6.45) is 3.53. The summed E-state index contributed by atoms with van der Waals surface area (Å²) in [5.41, 5.74) is 2.09. The van der Waals surface area contributed by atoms with Gasteiger partial charge in [0.1, 0.15) is 0 Å². The van der Waals surface area contributed by atoms with Crippen LogP contribution in [0.15, 0.2) is 24.3 Å². The molecule has 1 aromatic rings. The molecule has 0 bridgehead atoms. The number of ether oxygens (including phenoxy) is 1. The zero-order chi connectivity index (χ0) is 17.5. The summed E-state index contributed by atoms with van der Waals surface area (Å²) in [7, 11) is 1.76. The van der Waals surface area contributed by atoms with Crippen molar-refractivity contribution >= 4 is 5.91 Å². The minimum atomic E-state index is 0.200. The Kier molecular flexibility index (Phi) is 6.84. The van der Waals surface area contributed by atoms with Gasteiger partial charge in [-0.15, -0.1) is 0 Å². The molecule has 0 atom stereocenters. The van der Waals surface area contributed by atoms with Gasteiger partial charge in [0.25, 0.3) is 5.91 Å². The first-order chi connectivity index (χ1) is 12.3. The molecule has 5 heteroatoms. The number of piperazine rings is 1. The van der Waals surface area contributed by atoms with Crippen LogP contribution >= 0.6 is 0 Å². The van der Waals surface area contributed by atoms with Crippen LogP contribution in [0, 0.1) is 0 Å². The van der Waals surface area contributed by atoms with Gasteiger partial charge in [0.05, 0.1) is 6.61 Å². The first-order valence-electron chi connectivity index (χ1n) is 9.58. The highest BCUT2D eigenvalue weighted by molar-refractivity contribution is 5.94. The first kappa shape index (κ1) is 18.4. The molecule has 0 N–H and O–H groups in total. The molecular formula is C20H31N3O2. The van der Waals surface area contributed by atoms with Crippen LogP contribution in [0.2, 0.25) is 0 Å². The Labute approximate surface area is 151 Å².